The molecule has 0 aliphatic heterocycles. The van der Waals surface area contributed by atoms with E-state index in [1.54, 1.807) is 109 Å². The van der Waals surface area contributed by atoms with Crippen LogP contribution in [0, 0.1) is 117 Å². The van der Waals surface area contributed by atoms with Gasteiger partial charge in [0.1, 0.15) is 0 Å². The van der Waals surface area contributed by atoms with Gasteiger partial charge in [-0.15, -0.1) is 0 Å². The first-order valence-electron chi connectivity index (χ1n) is 19.9. The highest BCUT2D eigenvalue weighted by Crippen LogP contribution is 2.85. The fourth-order valence-corrected chi connectivity index (χ4v) is 18.6. The highest BCUT2D eigenvalue weighted by Gasteiger charge is 2.80. The number of hydrogen-bond acceptors (Lipinski definition) is 0. The van der Waals surface area contributed by atoms with Gasteiger partial charge in [0.25, 0.3) is 0 Å². The van der Waals surface area contributed by atoms with Crippen LogP contribution in [0.25, 0.3) is 0 Å². The number of fused-ring (bicyclic) bond motifs is 9. The third-order valence-corrected chi connectivity index (χ3v) is 18.8. The molecule has 10 aliphatic carbocycles. The minimum Gasteiger partial charge on any atom is -0.0619 e. The van der Waals surface area contributed by atoms with Crippen LogP contribution in [0.5, 0.6) is 0 Å². The Hall–Kier alpha value is 0. The molecule has 228 valence electrons. The SMILES string of the molecule is CC1C2CCCCC2C2C3CC(C(C)(C)C)CC4CC5CCC6C7CCCCC7C7C8CCCCC8C(C43)(C5C67)C12. The van der Waals surface area contributed by atoms with Crippen molar-refractivity contribution in [1.82, 2.24) is 0 Å². The lowest BCUT2D eigenvalue weighted by Gasteiger charge is -2.71. The monoisotopic (exact) mass is 557 g/mol. The largest absolute Gasteiger partial charge is 0.0619 e. The van der Waals surface area contributed by atoms with E-state index >= 15 is 0 Å². The van der Waals surface area contributed by atoms with Crippen molar-refractivity contribution in [1.29, 1.82) is 0 Å². The van der Waals surface area contributed by atoms with Crippen LogP contribution in [0.15, 0.2) is 0 Å². The summed E-state index contributed by atoms with van der Waals surface area (Å²) in [4.78, 5) is 0. The zero-order valence-corrected chi connectivity index (χ0v) is 27.4. The summed E-state index contributed by atoms with van der Waals surface area (Å²) in [5, 5.41) is 0. The minimum absolute atomic E-state index is 0.507. The normalized spacial score (nSPS) is 63.5. The minimum atomic E-state index is 0.507. The fraction of sp³-hybridized carbons (Fsp3) is 1.00. The van der Waals surface area contributed by atoms with E-state index in [-0.39, 0.29) is 0 Å². The molecule has 0 heterocycles. The van der Waals surface area contributed by atoms with Gasteiger partial charge in [-0.2, -0.15) is 0 Å². The smallest absolute Gasteiger partial charge is 0.0165 e. The number of hydrogen-bond donors (Lipinski definition) is 0. The van der Waals surface area contributed by atoms with E-state index in [0.717, 1.165) is 94.2 Å². The summed E-state index contributed by atoms with van der Waals surface area (Å²) in [7, 11) is 0. The summed E-state index contributed by atoms with van der Waals surface area (Å²) in [6, 6.07) is 0. The molecule has 0 heteroatoms. The Labute approximate surface area is 253 Å². The maximum Gasteiger partial charge on any atom is -0.0165 e. The Morgan fingerprint density at radius 1 is 0.463 bits per heavy atom. The van der Waals surface area contributed by atoms with Crippen LogP contribution in [0.4, 0.5) is 0 Å². The maximum absolute atomic E-state index is 2.90. The summed E-state index contributed by atoms with van der Waals surface area (Å²) in [5.41, 5.74) is 1.29. The van der Waals surface area contributed by atoms with Gasteiger partial charge >= 0.3 is 0 Å². The van der Waals surface area contributed by atoms with E-state index in [4.69, 9.17) is 0 Å². The second-order valence-corrected chi connectivity index (χ2v) is 20.1. The molecule has 41 heavy (non-hydrogen) atoms. The first-order valence-corrected chi connectivity index (χ1v) is 19.9. The Morgan fingerprint density at radius 2 is 1.10 bits per heavy atom. The van der Waals surface area contributed by atoms with Crippen molar-refractivity contribution in [3.63, 3.8) is 0 Å². The van der Waals surface area contributed by atoms with Gasteiger partial charge < -0.3 is 0 Å². The van der Waals surface area contributed by atoms with Crippen molar-refractivity contribution in [3.8, 4) is 0 Å². The summed E-state index contributed by atoms with van der Waals surface area (Å²) < 4.78 is 0. The van der Waals surface area contributed by atoms with Gasteiger partial charge in [0.2, 0.25) is 0 Å². The lowest BCUT2D eigenvalue weighted by Crippen LogP contribution is -2.67. The molecular formula is C41H64. The van der Waals surface area contributed by atoms with Crippen LogP contribution in [0.2, 0.25) is 0 Å². The van der Waals surface area contributed by atoms with Crippen LogP contribution in [0.1, 0.15) is 137 Å². The quantitative estimate of drug-likeness (QED) is 0.278. The lowest BCUT2D eigenvalue weighted by molar-refractivity contribution is -0.241. The second-order valence-electron chi connectivity index (χ2n) is 20.1. The van der Waals surface area contributed by atoms with Crippen molar-refractivity contribution in [3.05, 3.63) is 0 Å². The first kappa shape index (κ1) is 26.2. The maximum atomic E-state index is 2.90. The molecule has 19 unspecified atom stereocenters. The van der Waals surface area contributed by atoms with E-state index in [0.29, 0.717) is 5.41 Å². The standard InChI is InChI=1S/C41H64/c1-22-26-11-5-7-13-28(26)35-32-21-25(40(2,3)4)20-24-19-23-17-18-30-27-12-6-8-14-29(27)34-31-15-9-10-16-33(31)41(37(22)35,38(24)32)39(23)36(30)34/h22-39H,5-21H2,1-4H3. The average molecular weight is 557 g/mol. The van der Waals surface area contributed by atoms with Crippen molar-refractivity contribution < 1.29 is 0 Å². The molecular weight excluding hydrogens is 492 g/mol. The topological polar surface area (TPSA) is 0 Å². The van der Waals surface area contributed by atoms with Crippen molar-refractivity contribution >= 4 is 0 Å². The molecule has 0 amide bonds. The molecule has 10 saturated carbocycles. The average Bonchev–Trinajstić information content (AvgIpc) is 3.59. The molecule has 0 N–H and O–H groups in total. The molecule has 0 aromatic carbocycles. The van der Waals surface area contributed by atoms with E-state index in [2.05, 4.69) is 27.7 Å². The Kier molecular flexibility index (Phi) is 5.65. The molecule has 0 aromatic rings. The van der Waals surface area contributed by atoms with Crippen LogP contribution < -0.4 is 0 Å². The van der Waals surface area contributed by atoms with Crippen molar-refractivity contribution in [2.24, 2.45) is 117 Å². The van der Waals surface area contributed by atoms with Crippen molar-refractivity contribution in [2.75, 3.05) is 0 Å². The van der Waals surface area contributed by atoms with Gasteiger partial charge in [-0.25, -0.2) is 0 Å². The van der Waals surface area contributed by atoms with Gasteiger partial charge in [-0.1, -0.05) is 66.2 Å². The molecule has 10 aliphatic rings. The van der Waals surface area contributed by atoms with Crippen molar-refractivity contribution in [2.45, 2.75) is 137 Å². The second kappa shape index (κ2) is 8.83. The lowest BCUT2D eigenvalue weighted by atomic mass is 9.33. The predicted molar refractivity (Wildman–Crippen MR) is 169 cm³/mol. The number of rotatable bonds is 0. The van der Waals surface area contributed by atoms with Crippen LogP contribution in [-0.4, -0.2) is 0 Å². The van der Waals surface area contributed by atoms with Gasteiger partial charge in [0, 0.05) is 0 Å². The molecule has 0 saturated heterocycles. The van der Waals surface area contributed by atoms with Gasteiger partial charge in [0.05, 0.1) is 0 Å². The predicted octanol–water partition coefficient (Wildman–Crippen LogP) is 10.9. The third kappa shape index (κ3) is 3.12. The first-order chi connectivity index (χ1) is 19.9. The zero-order chi connectivity index (χ0) is 27.4. The van der Waals surface area contributed by atoms with Crippen LogP contribution >= 0.6 is 0 Å². The van der Waals surface area contributed by atoms with Gasteiger partial charge in [-0.3, -0.25) is 0 Å². The highest BCUT2D eigenvalue weighted by molar-refractivity contribution is 5.28. The summed E-state index contributed by atoms with van der Waals surface area (Å²) in [6.45, 7) is 10.8. The molecule has 19 atom stereocenters. The summed E-state index contributed by atoms with van der Waals surface area (Å²) >= 11 is 0. The summed E-state index contributed by atoms with van der Waals surface area (Å²) in [5.74, 6) is 20.3. The fourth-order valence-electron chi connectivity index (χ4n) is 18.6. The molecule has 0 nitrogen and oxygen atoms in total. The third-order valence-electron chi connectivity index (χ3n) is 18.8. The van der Waals surface area contributed by atoms with E-state index in [1.165, 1.54) is 17.8 Å². The van der Waals surface area contributed by atoms with E-state index in [9.17, 15) is 0 Å². The molecule has 0 radical (unpaired) electrons. The van der Waals surface area contributed by atoms with Gasteiger partial charge in [-0.05, 0) is 188 Å². The zero-order valence-electron chi connectivity index (χ0n) is 27.4. The molecule has 1 spiro atoms. The Balaban J connectivity index is 1.19. The Bertz CT molecular complexity index is 1050. The molecule has 10 rings (SSSR count). The van der Waals surface area contributed by atoms with E-state index < -0.39 is 0 Å². The Morgan fingerprint density at radius 3 is 1.85 bits per heavy atom. The van der Waals surface area contributed by atoms with Crippen LogP contribution in [-0.2, 0) is 0 Å². The molecule has 10 fully saturated rings. The van der Waals surface area contributed by atoms with Gasteiger partial charge in [0.15, 0.2) is 0 Å². The molecule has 0 bridgehead atoms. The summed E-state index contributed by atoms with van der Waals surface area (Å²) in [6.07, 6.45) is 27.6. The highest BCUT2D eigenvalue weighted by atomic mass is 14.8. The van der Waals surface area contributed by atoms with E-state index in [1.807, 2.05) is 0 Å². The van der Waals surface area contributed by atoms with Crippen LogP contribution in [0.3, 0.4) is 0 Å². The molecule has 0 aromatic heterocycles.